The molecule has 1 N–H and O–H groups in total. The Kier molecular flexibility index (Phi) is 2.48. The molecule has 82 valence electrons. The monoisotopic (exact) mass is 216 g/mol. The lowest BCUT2D eigenvalue weighted by atomic mass is 10.1. The van der Waals surface area contributed by atoms with Gasteiger partial charge in [-0.05, 0) is 19.1 Å². The Morgan fingerprint density at radius 1 is 1.50 bits per heavy atom. The van der Waals surface area contributed by atoms with Crippen molar-refractivity contribution in [1.82, 2.24) is 4.98 Å². The average Bonchev–Trinajstić information content (AvgIpc) is 2.61. The Morgan fingerprint density at radius 2 is 2.25 bits per heavy atom. The molecule has 0 atom stereocenters. The van der Waals surface area contributed by atoms with E-state index in [-0.39, 0.29) is 10.6 Å². The van der Waals surface area contributed by atoms with Crippen LogP contribution < -0.4 is 0 Å². The van der Waals surface area contributed by atoms with Gasteiger partial charge in [0.25, 0.3) is 0 Å². The minimum atomic E-state index is -0.380. The Morgan fingerprint density at radius 3 is 2.94 bits per heavy atom. The zero-order chi connectivity index (χ0) is 11.7. The van der Waals surface area contributed by atoms with Crippen LogP contribution in [0, 0.1) is 17.0 Å². The third-order valence-electron chi connectivity index (χ3n) is 2.52. The number of hydrogen-bond donors (Lipinski definition) is 1. The van der Waals surface area contributed by atoms with Crippen LogP contribution in [0.1, 0.15) is 18.1 Å². The predicted molar refractivity (Wildman–Crippen MR) is 63.7 cm³/mol. The molecule has 4 nitrogen and oxygen atoms in total. The number of fused-ring (bicyclic) bond motifs is 1. The minimum absolute atomic E-state index is 0.141. The molecule has 16 heavy (non-hydrogen) atoms. The first-order valence-corrected chi connectivity index (χ1v) is 4.98. The van der Waals surface area contributed by atoms with Gasteiger partial charge in [-0.3, -0.25) is 10.1 Å². The molecule has 0 aliphatic carbocycles. The molecular formula is C12H12N2O2. The molecule has 4 heteroatoms. The van der Waals surface area contributed by atoms with Gasteiger partial charge in [0, 0.05) is 35.7 Å². The van der Waals surface area contributed by atoms with Gasteiger partial charge in [-0.1, -0.05) is 11.6 Å². The maximum absolute atomic E-state index is 10.6. The predicted octanol–water partition coefficient (Wildman–Crippen LogP) is 3.11. The first-order valence-electron chi connectivity index (χ1n) is 4.98. The normalized spacial score (nSPS) is 12.0. The SMILES string of the molecule is C/C(=C/c1c[nH]c2ccc(C)cc12)[N+](=O)[O-]. The fourth-order valence-electron chi connectivity index (χ4n) is 1.65. The van der Waals surface area contributed by atoms with Crippen LogP contribution in [0.3, 0.4) is 0 Å². The summed E-state index contributed by atoms with van der Waals surface area (Å²) in [5, 5.41) is 11.6. The average molecular weight is 216 g/mol. The van der Waals surface area contributed by atoms with E-state index in [0.717, 1.165) is 22.0 Å². The van der Waals surface area contributed by atoms with Crippen LogP contribution in [0.15, 0.2) is 30.1 Å². The molecular weight excluding hydrogens is 204 g/mol. The number of allylic oxidation sites excluding steroid dienone is 1. The summed E-state index contributed by atoms with van der Waals surface area (Å²) in [6.45, 7) is 3.49. The van der Waals surface area contributed by atoms with E-state index >= 15 is 0 Å². The summed E-state index contributed by atoms with van der Waals surface area (Å²) in [6, 6.07) is 6.00. The molecule has 2 aromatic rings. The zero-order valence-electron chi connectivity index (χ0n) is 9.15. The van der Waals surface area contributed by atoms with Crippen molar-refractivity contribution in [3.05, 3.63) is 51.3 Å². The summed E-state index contributed by atoms with van der Waals surface area (Å²) in [5.74, 6) is 0. The minimum Gasteiger partial charge on any atom is -0.361 e. The van der Waals surface area contributed by atoms with Crippen LogP contribution in [0.25, 0.3) is 17.0 Å². The van der Waals surface area contributed by atoms with Crippen molar-refractivity contribution in [2.45, 2.75) is 13.8 Å². The first-order chi connectivity index (χ1) is 7.58. The maximum atomic E-state index is 10.6. The molecule has 0 saturated heterocycles. The van der Waals surface area contributed by atoms with E-state index in [1.54, 1.807) is 12.3 Å². The quantitative estimate of drug-likeness (QED) is 0.619. The van der Waals surface area contributed by atoms with Gasteiger partial charge < -0.3 is 4.98 Å². The topological polar surface area (TPSA) is 58.9 Å². The van der Waals surface area contributed by atoms with E-state index in [1.165, 1.54) is 6.92 Å². The molecule has 0 unspecified atom stereocenters. The standard InChI is InChI=1S/C12H12N2O2/c1-8-3-4-12-11(5-8)10(7-13-12)6-9(2)14(15)16/h3-7,13H,1-2H3/b9-6-. The van der Waals surface area contributed by atoms with E-state index in [2.05, 4.69) is 4.98 Å². The molecule has 0 spiro atoms. The third kappa shape index (κ3) is 1.82. The van der Waals surface area contributed by atoms with Crippen molar-refractivity contribution < 1.29 is 4.92 Å². The Balaban J connectivity index is 2.57. The Hall–Kier alpha value is -2.10. The molecule has 0 aliphatic rings. The molecule has 2 rings (SSSR count). The Bertz CT molecular complexity index is 582. The molecule has 0 fully saturated rings. The molecule has 0 bridgehead atoms. The number of aromatic nitrogens is 1. The largest absolute Gasteiger partial charge is 0.361 e. The summed E-state index contributed by atoms with van der Waals surface area (Å²) in [7, 11) is 0. The van der Waals surface area contributed by atoms with Crippen LogP contribution in [0.2, 0.25) is 0 Å². The summed E-state index contributed by atoms with van der Waals surface area (Å²) in [5.41, 5.74) is 3.13. The van der Waals surface area contributed by atoms with E-state index in [0.29, 0.717) is 0 Å². The first kappa shape index (κ1) is 10.4. The maximum Gasteiger partial charge on any atom is 0.243 e. The number of nitrogens with one attached hydrogen (secondary N) is 1. The highest BCUT2D eigenvalue weighted by Crippen LogP contribution is 2.21. The second-order valence-corrected chi connectivity index (χ2v) is 3.84. The zero-order valence-corrected chi connectivity index (χ0v) is 9.15. The summed E-state index contributed by atoms with van der Waals surface area (Å²) < 4.78 is 0. The highest BCUT2D eigenvalue weighted by molar-refractivity contribution is 5.89. The van der Waals surface area contributed by atoms with Gasteiger partial charge in [0.2, 0.25) is 5.70 Å². The van der Waals surface area contributed by atoms with Crippen LogP contribution >= 0.6 is 0 Å². The molecule has 1 aromatic carbocycles. The second-order valence-electron chi connectivity index (χ2n) is 3.84. The Labute approximate surface area is 92.7 Å². The molecule has 1 aromatic heterocycles. The highest BCUT2D eigenvalue weighted by atomic mass is 16.6. The number of rotatable bonds is 2. The highest BCUT2D eigenvalue weighted by Gasteiger charge is 2.06. The van der Waals surface area contributed by atoms with Crippen molar-refractivity contribution in [2.24, 2.45) is 0 Å². The van der Waals surface area contributed by atoms with Crippen molar-refractivity contribution in [2.75, 3.05) is 0 Å². The number of aromatic amines is 1. The van der Waals surface area contributed by atoms with Gasteiger partial charge >= 0.3 is 0 Å². The van der Waals surface area contributed by atoms with Crippen LogP contribution in [0.5, 0.6) is 0 Å². The summed E-state index contributed by atoms with van der Waals surface area (Å²) in [4.78, 5) is 13.3. The van der Waals surface area contributed by atoms with Crippen LogP contribution in [-0.4, -0.2) is 9.91 Å². The smallest absolute Gasteiger partial charge is 0.243 e. The fourth-order valence-corrected chi connectivity index (χ4v) is 1.65. The van der Waals surface area contributed by atoms with E-state index in [4.69, 9.17) is 0 Å². The number of nitrogens with zero attached hydrogens (tertiary/aromatic N) is 1. The van der Waals surface area contributed by atoms with Gasteiger partial charge in [-0.15, -0.1) is 0 Å². The molecule has 0 amide bonds. The van der Waals surface area contributed by atoms with Gasteiger partial charge in [0.05, 0.1) is 4.92 Å². The van der Waals surface area contributed by atoms with E-state index in [1.807, 2.05) is 25.1 Å². The van der Waals surface area contributed by atoms with E-state index in [9.17, 15) is 10.1 Å². The molecule has 0 radical (unpaired) electrons. The molecule has 0 aliphatic heterocycles. The van der Waals surface area contributed by atoms with Crippen molar-refractivity contribution in [3.8, 4) is 0 Å². The molecule has 0 saturated carbocycles. The fraction of sp³-hybridized carbons (Fsp3) is 0.167. The lowest BCUT2D eigenvalue weighted by molar-refractivity contribution is -0.422. The van der Waals surface area contributed by atoms with Crippen molar-refractivity contribution in [3.63, 3.8) is 0 Å². The van der Waals surface area contributed by atoms with Gasteiger partial charge in [0.15, 0.2) is 0 Å². The third-order valence-corrected chi connectivity index (χ3v) is 2.52. The summed E-state index contributed by atoms with van der Waals surface area (Å²) in [6.07, 6.45) is 3.37. The van der Waals surface area contributed by atoms with Crippen LogP contribution in [0.4, 0.5) is 0 Å². The number of aryl methyl sites for hydroxylation is 1. The van der Waals surface area contributed by atoms with Gasteiger partial charge in [0.1, 0.15) is 0 Å². The lowest BCUT2D eigenvalue weighted by Gasteiger charge is -1.95. The summed E-state index contributed by atoms with van der Waals surface area (Å²) >= 11 is 0. The number of hydrogen-bond acceptors (Lipinski definition) is 2. The second kappa shape index (κ2) is 3.81. The lowest BCUT2D eigenvalue weighted by Crippen LogP contribution is -1.92. The number of benzene rings is 1. The molecule has 1 heterocycles. The van der Waals surface area contributed by atoms with Crippen molar-refractivity contribution in [1.29, 1.82) is 0 Å². The van der Waals surface area contributed by atoms with Gasteiger partial charge in [-0.25, -0.2) is 0 Å². The number of H-pyrrole nitrogens is 1. The van der Waals surface area contributed by atoms with Gasteiger partial charge in [-0.2, -0.15) is 0 Å². The van der Waals surface area contributed by atoms with Crippen molar-refractivity contribution >= 4 is 17.0 Å². The van der Waals surface area contributed by atoms with Crippen LogP contribution in [-0.2, 0) is 0 Å². The number of nitro groups is 1. The van der Waals surface area contributed by atoms with E-state index < -0.39 is 0 Å².